The molecule has 0 aliphatic carbocycles. The molecule has 0 aromatic carbocycles. The van der Waals surface area contributed by atoms with Gasteiger partial charge in [0.15, 0.2) is 0 Å². The monoisotopic (exact) mass is 252 g/mol. The SMILES string of the molecule is CC(C)N(C)CCCNS(=O)(=O)CCCO. The molecule has 0 atom stereocenters. The summed E-state index contributed by atoms with van der Waals surface area (Å²) in [6, 6.07) is 0.478. The minimum absolute atomic E-state index is 0.00349. The zero-order valence-corrected chi connectivity index (χ0v) is 11.3. The van der Waals surface area contributed by atoms with Crippen LogP contribution in [-0.2, 0) is 10.0 Å². The van der Waals surface area contributed by atoms with E-state index in [2.05, 4.69) is 23.5 Å². The normalized spacial score (nSPS) is 12.6. The van der Waals surface area contributed by atoms with Crippen LogP contribution in [0, 0.1) is 0 Å². The lowest BCUT2D eigenvalue weighted by molar-refractivity contribution is 0.271. The predicted octanol–water partition coefficient (Wildman–Crippen LogP) is 0.0185. The van der Waals surface area contributed by atoms with Crippen LogP contribution >= 0.6 is 0 Å². The van der Waals surface area contributed by atoms with E-state index in [4.69, 9.17) is 5.11 Å². The Kier molecular flexibility index (Phi) is 7.91. The fourth-order valence-electron chi connectivity index (χ4n) is 1.14. The lowest BCUT2D eigenvalue weighted by atomic mass is 10.3. The van der Waals surface area contributed by atoms with Crippen molar-refractivity contribution in [2.75, 3.05) is 32.5 Å². The van der Waals surface area contributed by atoms with Gasteiger partial charge in [-0.3, -0.25) is 0 Å². The molecule has 0 amide bonds. The molecule has 6 heteroatoms. The fourth-order valence-corrected chi connectivity index (χ4v) is 2.25. The smallest absolute Gasteiger partial charge is 0.211 e. The molecule has 16 heavy (non-hydrogen) atoms. The van der Waals surface area contributed by atoms with Crippen molar-refractivity contribution < 1.29 is 13.5 Å². The van der Waals surface area contributed by atoms with E-state index in [9.17, 15) is 8.42 Å². The summed E-state index contributed by atoms with van der Waals surface area (Å²) in [5, 5.41) is 8.54. The quantitative estimate of drug-likeness (QED) is 0.568. The number of rotatable bonds is 9. The van der Waals surface area contributed by atoms with Crippen LogP contribution < -0.4 is 4.72 Å². The largest absolute Gasteiger partial charge is 0.396 e. The second-order valence-corrected chi connectivity index (χ2v) is 6.14. The van der Waals surface area contributed by atoms with Gasteiger partial charge in [-0.15, -0.1) is 0 Å². The molecule has 0 saturated heterocycles. The average molecular weight is 252 g/mol. The molecule has 0 rings (SSSR count). The Hall–Kier alpha value is -0.170. The second-order valence-electron chi connectivity index (χ2n) is 4.22. The molecule has 2 N–H and O–H groups in total. The summed E-state index contributed by atoms with van der Waals surface area (Å²) in [6.45, 7) is 5.46. The molecule has 0 aromatic heterocycles. The van der Waals surface area contributed by atoms with E-state index in [1.807, 2.05) is 7.05 Å². The Morgan fingerprint density at radius 3 is 2.44 bits per heavy atom. The third-order valence-corrected chi connectivity index (χ3v) is 3.93. The van der Waals surface area contributed by atoms with Crippen molar-refractivity contribution in [2.24, 2.45) is 0 Å². The Bertz CT molecular complexity index is 265. The van der Waals surface area contributed by atoms with Crippen LogP contribution in [0.25, 0.3) is 0 Å². The second kappa shape index (κ2) is 8.00. The van der Waals surface area contributed by atoms with Crippen LogP contribution in [0.4, 0.5) is 0 Å². The first-order valence-electron chi connectivity index (χ1n) is 5.67. The van der Waals surface area contributed by atoms with Gasteiger partial charge in [0.25, 0.3) is 0 Å². The fraction of sp³-hybridized carbons (Fsp3) is 1.00. The lowest BCUT2D eigenvalue weighted by Gasteiger charge is -2.20. The average Bonchev–Trinajstić information content (AvgIpc) is 2.21. The molecular weight excluding hydrogens is 228 g/mol. The summed E-state index contributed by atoms with van der Waals surface area (Å²) < 4.78 is 25.2. The van der Waals surface area contributed by atoms with Crippen molar-refractivity contribution in [3.63, 3.8) is 0 Å². The van der Waals surface area contributed by atoms with E-state index >= 15 is 0 Å². The van der Waals surface area contributed by atoms with Crippen LogP contribution in [0.1, 0.15) is 26.7 Å². The van der Waals surface area contributed by atoms with Gasteiger partial charge < -0.3 is 10.0 Å². The van der Waals surface area contributed by atoms with Crippen LogP contribution in [0.5, 0.6) is 0 Å². The molecule has 0 aromatic rings. The molecule has 0 unspecified atom stereocenters. The predicted molar refractivity (Wildman–Crippen MR) is 65.9 cm³/mol. The van der Waals surface area contributed by atoms with Gasteiger partial charge in [-0.25, -0.2) is 13.1 Å². The Labute approximate surface area is 98.9 Å². The summed E-state index contributed by atoms with van der Waals surface area (Å²) in [4.78, 5) is 2.17. The maximum atomic E-state index is 11.3. The summed E-state index contributed by atoms with van der Waals surface area (Å²) >= 11 is 0. The van der Waals surface area contributed by atoms with Crippen LogP contribution in [0.3, 0.4) is 0 Å². The molecule has 0 aliphatic heterocycles. The molecule has 0 spiro atoms. The first kappa shape index (κ1) is 15.8. The number of aliphatic hydroxyl groups is 1. The van der Waals surface area contributed by atoms with E-state index < -0.39 is 10.0 Å². The van der Waals surface area contributed by atoms with Crippen molar-refractivity contribution in [1.29, 1.82) is 0 Å². The highest BCUT2D eigenvalue weighted by molar-refractivity contribution is 7.89. The first-order valence-corrected chi connectivity index (χ1v) is 7.32. The van der Waals surface area contributed by atoms with E-state index in [0.29, 0.717) is 19.0 Å². The minimum Gasteiger partial charge on any atom is -0.396 e. The molecule has 0 saturated carbocycles. The number of hydrogen-bond acceptors (Lipinski definition) is 4. The summed E-state index contributed by atoms with van der Waals surface area (Å²) in [6.07, 6.45) is 1.09. The van der Waals surface area contributed by atoms with Gasteiger partial charge in [0, 0.05) is 19.2 Å². The highest BCUT2D eigenvalue weighted by Gasteiger charge is 2.09. The molecular formula is C10H24N2O3S. The number of sulfonamides is 1. The number of hydrogen-bond donors (Lipinski definition) is 2. The molecule has 0 aliphatic rings. The number of nitrogens with one attached hydrogen (secondary N) is 1. The first-order chi connectivity index (χ1) is 7.39. The van der Waals surface area contributed by atoms with Crippen molar-refractivity contribution in [2.45, 2.75) is 32.7 Å². The topological polar surface area (TPSA) is 69.6 Å². The molecule has 0 heterocycles. The van der Waals surface area contributed by atoms with Crippen molar-refractivity contribution >= 4 is 10.0 Å². The van der Waals surface area contributed by atoms with Gasteiger partial charge in [0.1, 0.15) is 0 Å². The van der Waals surface area contributed by atoms with E-state index in [0.717, 1.165) is 13.0 Å². The van der Waals surface area contributed by atoms with Crippen molar-refractivity contribution in [3.8, 4) is 0 Å². The maximum Gasteiger partial charge on any atom is 0.211 e. The van der Waals surface area contributed by atoms with Gasteiger partial charge in [-0.2, -0.15) is 0 Å². The standard InChI is InChI=1S/C10H24N2O3S/c1-10(2)12(3)7-4-6-11-16(14,15)9-5-8-13/h10-11,13H,4-9H2,1-3H3. The van der Waals surface area contributed by atoms with Gasteiger partial charge in [0.2, 0.25) is 10.0 Å². The Balaban J connectivity index is 3.65. The summed E-state index contributed by atoms with van der Waals surface area (Å²) in [5.74, 6) is 0.00349. The maximum absolute atomic E-state index is 11.3. The molecule has 0 bridgehead atoms. The van der Waals surface area contributed by atoms with Gasteiger partial charge >= 0.3 is 0 Å². The lowest BCUT2D eigenvalue weighted by Crippen LogP contribution is -2.32. The van der Waals surface area contributed by atoms with E-state index in [1.54, 1.807) is 0 Å². The van der Waals surface area contributed by atoms with Crippen molar-refractivity contribution in [3.05, 3.63) is 0 Å². The van der Waals surface area contributed by atoms with Gasteiger partial charge in [-0.1, -0.05) is 0 Å². The zero-order chi connectivity index (χ0) is 12.6. The Morgan fingerprint density at radius 2 is 1.94 bits per heavy atom. The third-order valence-electron chi connectivity index (χ3n) is 2.46. The highest BCUT2D eigenvalue weighted by atomic mass is 32.2. The molecule has 0 fully saturated rings. The third kappa shape index (κ3) is 8.04. The van der Waals surface area contributed by atoms with Crippen molar-refractivity contribution in [1.82, 2.24) is 9.62 Å². The number of nitrogens with zero attached hydrogens (tertiary/aromatic N) is 1. The summed E-state index contributed by atoms with van der Waals surface area (Å²) in [5.41, 5.74) is 0. The van der Waals surface area contributed by atoms with Gasteiger partial charge in [-0.05, 0) is 40.3 Å². The summed E-state index contributed by atoms with van der Waals surface area (Å²) in [7, 11) is -1.17. The van der Waals surface area contributed by atoms with E-state index in [-0.39, 0.29) is 12.4 Å². The zero-order valence-electron chi connectivity index (χ0n) is 10.4. The Morgan fingerprint density at radius 1 is 1.31 bits per heavy atom. The molecule has 98 valence electrons. The highest BCUT2D eigenvalue weighted by Crippen LogP contribution is 1.95. The van der Waals surface area contributed by atoms with E-state index in [1.165, 1.54) is 0 Å². The molecule has 0 radical (unpaired) electrons. The molecule has 5 nitrogen and oxygen atoms in total. The van der Waals surface area contributed by atoms with Crippen LogP contribution in [0.2, 0.25) is 0 Å². The van der Waals surface area contributed by atoms with Gasteiger partial charge in [0.05, 0.1) is 5.75 Å². The number of aliphatic hydroxyl groups excluding tert-OH is 1. The van der Waals surface area contributed by atoms with Crippen LogP contribution in [0.15, 0.2) is 0 Å². The minimum atomic E-state index is -3.19. The van der Waals surface area contributed by atoms with Crippen LogP contribution in [-0.4, -0.2) is 57.0 Å².